The summed E-state index contributed by atoms with van der Waals surface area (Å²) in [5.74, 6) is 1.55. The van der Waals surface area contributed by atoms with E-state index in [9.17, 15) is 9.90 Å². The van der Waals surface area contributed by atoms with Gasteiger partial charge in [-0.25, -0.2) is 0 Å². The van der Waals surface area contributed by atoms with Crippen molar-refractivity contribution in [3.05, 3.63) is 35.4 Å². The van der Waals surface area contributed by atoms with Crippen LogP contribution in [-0.4, -0.2) is 34.7 Å². The van der Waals surface area contributed by atoms with Crippen molar-refractivity contribution in [1.82, 2.24) is 5.32 Å². The van der Waals surface area contributed by atoms with Gasteiger partial charge in [-0.05, 0) is 53.7 Å². The normalized spacial score (nSPS) is 22.6. The van der Waals surface area contributed by atoms with Gasteiger partial charge in [0.2, 0.25) is 0 Å². The van der Waals surface area contributed by atoms with Crippen LogP contribution in [0.4, 0.5) is 0 Å². The standard InChI is InChI=1S/C17H23NO2S/c1-16(10-13-4-2-3-5-14(13)11-16)12-18-15(19)17(20)6-8-21-9-7-17/h2-5,20H,6-12H2,1H3,(H,18,19). The second-order valence-electron chi connectivity index (χ2n) is 6.76. The number of rotatable bonds is 3. The van der Waals surface area contributed by atoms with Gasteiger partial charge >= 0.3 is 0 Å². The predicted molar refractivity (Wildman–Crippen MR) is 86.5 cm³/mol. The minimum absolute atomic E-state index is 0.0686. The monoisotopic (exact) mass is 305 g/mol. The number of amides is 1. The van der Waals surface area contributed by atoms with Crippen molar-refractivity contribution < 1.29 is 9.90 Å². The third-order valence-corrected chi connectivity index (χ3v) is 5.76. The van der Waals surface area contributed by atoms with Crippen molar-refractivity contribution in [3.63, 3.8) is 0 Å². The number of thioether (sulfide) groups is 1. The molecule has 1 heterocycles. The molecule has 2 N–H and O–H groups in total. The van der Waals surface area contributed by atoms with Gasteiger partial charge in [-0.1, -0.05) is 31.2 Å². The van der Waals surface area contributed by atoms with Gasteiger partial charge in [0.25, 0.3) is 5.91 Å². The lowest BCUT2D eigenvalue weighted by molar-refractivity contribution is -0.141. The summed E-state index contributed by atoms with van der Waals surface area (Å²) in [6, 6.07) is 8.50. The fraction of sp³-hybridized carbons (Fsp3) is 0.588. The van der Waals surface area contributed by atoms with Crippen LogP contribution in [0.2, 0.25) is 0 Å². The molecule has 3 nitrogen and oxygen atoms in total. The second kappa shape index (κ2) is 5.65. The Labute approximate surface area is 130 Å². The molecule has 1 amide bonds. The molecule has 0 unspecified atom stereocenters. The van der Waals surface area contributed by atoms with Gasteiger partial charge in [-0.2, -0.15) is 11.8 Å². The van der Waals surface area contributed by atoms with E-state index in [1.807, 2.05) is 11.8 Å². The molecule has 0 bridgehead atoms. The Morgan fingerprint density at radius 2 is 1.81 bits per heavy atom. The molecule has 4 heteroatoms. The third-order valence-electron chi connectivity index (χ3n) is 4.77. The first kappa shape index (κ1) is 14.9. The van der Waals surface area contributed by atoms with Gasteiger partial charge in [0.05, 0.1) is 0 Å². The highest BCUT2D eigenvalue weighted by Gasteiger charge is 2.39. The Morgan fingerprint density at radius 3 is 2.38 bits per heavy atom. The molecule has 21 heavy (non-hydrogen) atoms. The lowest BCUT2D eigenvalue weighted by Crippen LogP contribution is -2.51. The largest absolute Gasteiger partial charge is 0.380 e. The van der Waals surface area contributed by atoms with Gasteiger partial charge < -0.3 is 10.4 Å². The molecule has 0 saturated carbocycles. The quantitative estimate of drug-likeness (QED) is 0.900. The number of benzene rings is 1. The van der Waals surface area contributed by atoms with E-state index < -0.39 is 5.60 Å². The smallest absolute Gasteiger partial charge is 0.252 e. The van der Waals surface area contributed by atoms with Crippen LogP contribution in [-0.2, 0) is 17.6 Å². The van der Waals surface area contributed by atoms with E-state index in [4.69, 9.17) is 0 Å². The lowest BCUT2D eigenvalue weighted by atomic mass is 9.86. The highest BCUT2D eigenvalue weighted by molar-refractivity contribution is 7.99. The molecule has 114 valence electrons. The number of carbonyl (C=O) groups excluding carboxylic acids is 1. The van der Waals surface area contributed by atoms with Crippen LogP contribution < -0.4 is 5.32 Å². The van der Waals surface area contributed by atoms with Crippen LogP contribution >= 0.6 is 11.8 Å². The number of nitrogens with one attached hydrogen (secondary N) is 1. The van der Waals surface area contributed by atoms with Crippen LogP contribution in [0.1, 0.15) is 30.9 Å². The van der Waals surface area contributed by atoms with E-state index in [1.165, 1.54) is 11.1 Å². The van der Waals surface area contributed by atoms with Gasteiger partial charge in [0, 0.05) is 6.54 Å². The molecule has 1 fully saturated rings. The summed E-state index contributed by atoms with van der Waals surface area (Å²) in [6.07, 6.45) is 3.14. The van der Waals surface area contributed by atoms with Crippen molar-refractivity contribution >= 4 is 17.7 Å². The second-order valence-corrected chi connectivity index (χ2v) is 7.98. The molecular formula is C17H23NO2S. The molecule has 2 aliphatic rings. The number of hydrogen-bond donors (Lipinski definition) is 2. The van der Waals surface area contributed by atoms with Gasteiger partial charge in [0.15, 0.2) is 0 Å². The minimum atomic E-state index is -1.15. The van der Waals surface area contributed by atoms with Crippen LogP contribution in [0.3, 0.4) is 0 Å². The molecule has 1 aromatic carbocycles. The number of fused-ring (bicyclic) bond motifs is 1. The van der Waals surface area contributed by atoms with Crippen LogP contribution in [0, 0.1) is 5.41 Å². The van der Waals surface area contributed by atoms with Crippen LogP contribution in [0.15, 0.2) is 24.3 Å². The molecule has 0 aromatic heterocycles. The lowest BCUT2D eigenvalue weighted by Gasteiger charge is -2.32. The highest BCUT2D eigenvalue weighted by Crippen LogP contribution is 2.36. The van der Waals surface area contributed by atoms with Crippen molar-refractivity contribution in [3.8, 4) is 0 Å². The SMILES string of the molecule is CC1(CNC(=O)C2(O)CCSCC2)Cc2ccccc2C1. The summed E-state index contributed by atoms with van der Waals surface area (Å²) >= 11 is 1.81. The molecule has 1 aliphatic carbocycles. The average Bonchev–Trinajstić information content (AvgIpc) is 2.82. The van der Waals surface area contributed by atoms with E-state index in [0.717, 1.165) is 24.3 Å². The molecular weight excluding hydrogens is 282 g/mol. The van der Waals surface area contributed by atoms with Gasteiger partial charge in [0.1, 0.15) is 5.60 Å². The third kappa shape index (κ3) is 3.11. The zero-order valence-corrected chi connectivity index (χ0v) is 13.3. The van der Waals surface area contributed by atoms with E-state index in [-0.39, 0.29) is 11.3 Å². The number of carbonyl (C=O) groups is 1. The Hall–Kier alpha value is -1.00. The van der Waals surface area contributed by atoms with Crippen molar-refractivity contribution in [2.24, 2.45) is 5.41 Å². The molecule has 1 aliphatic heterocycles. The first-order valence-corrected chi connectivity index (χ1v) is 8.82. The van der Waals surface area contributed by atoms with Gasteiger partial charge in [-0.3, -0.25) is 4.79 Å². The zero-order chi connectivity index (χ0) is 14.9. The van der Waals surface area contributed by atoms with Crippen molar-refractivity contribution in [1.29, 1.82) is 0 Å². The van der Waals surface area contributed by atoms with E-state index >= 15 is 0 Å². The molecule has 3 rings (SSSR count). The van der Waals surface area contributed by atoms with Crippen LogP contribution in [0.25, 0.3) is 0 Å². The molecule has 0 spiro atoms. The summed E-state index contributed by atoms with van der Waals surface area (Å²) in [5.41, 5.74) is 1.70. The first-order chi connectivity index (χ1) is 10.0. The topological polar surface area (TPSA) is 49.3 Å². The van der Waals surface area contributed by atoms with E-state index in [1.54, 1.807) is 0 Å². The predicted octanol–water partition coefficient (Wildman–Crippen LogP) is 2.17. The fourth-order valence-electron chi connectivity index (χ4n) is 3.40. The van der Waals surface area contributed by atoms with Crippen molar-refractivity contribution in [2.45, 2.75) is 38.2 Å². The average molecular weight is 305 g/mol. The molecule has 1 aromatic rings. The molecule has 1 saturated heterocycles. The van der Waals surface area contributed by atoms with E-state index in [2.05, 4.69) is 36.5 Å². The number of hydrogen-bond acceptors (Lipinski definition) is 3. The van der Waals surface area contributed by atoms with Crippen LogP contribution in [0.5, 0.6) is 0 Å². The van der Waals surface area contributed by atoms with Gasteiger partial charge in [-0.15, -0.1) is 0 Å². The molecule has 0 radical (unpaired) electrons. The van der Waals surface area contributed by atoms with Crippen molar-refractivity contribution in [2.75, 3.05) is 18.1 Å². The Kier molecular flexibility index (Phi) is 4.02. The summed E-state index contributed by atoms with van der Waals surface area (Å²) in [5, 5.41) is 13.5. The zero-order valence-electron chi connectivity index (χ0n) is 12.5. The summed E-state index contributed by atoms with van der Waals surface area (Å²) in [4.78, 5) is 12.3. The summed E-state index contributed by atoms with van der Waals surface area (Å²) in [6.45, 7) is 2.85. The minimum Gasteiger partial charge on any atom is -0.380 e. The fourth-order valence-corrected chi connectivity index (χ4v) is 4.57. The summed E-state index contributed by atoms with van der Waals surface area (Å²) < 4.78 is 0. The summed E-state index contributed by atoms with van der Waals surface area (Å²) in [7, 11) is 0. The maximum absolute atomic E-state index is 12.3. The molecule has 0 atom stereocenters. The maximum atomic E-state index is 12.3. The maximum Gasteiger partial charge on any atom is 0.252 e. The Bertz CT molecular complexity index is 512. The first-order valence-electron chi connectivity index (χ1n) is 7.66. The number of aliphatic hydroxyl groups is 1. The highest BCUT2D eigenvalue weighted by atomic mass is 32.2. The van der Waals surface area contributed by atoms with E-state index in [0.29, 0.717) is 19.4 Å². The Morgan fingerprint density at radius 1 is 1.24 bits per heavy atom. The Balaban J connectivity index is 1.59.